The number of sulfone groups is 1. The van der Waals surface area contributed by atoms with Crippen LogP contribution in [-0.2, 0) is 16.4 Å². The van der Waals surface area contributed by atoms with Gasteiger partial charge in [0.15, 0.2) is 15.0 Å². The number of aromatic nitrogens is 2. The Morgan fingerprint density at radius 1 is 1.53 bits per heavy atom. The van der Waals surface area contributed by atoms with Crippen molar-refractivity contribution in [3.8, 4) is 0 Å². The fourth-order valence-electron chi connectivity index (χ4n) is 1.06. The van der Waals surface area contributed by atoms with Crippen LogP contribution in [-0.4, -0.2) is 29.0 Å². The van der Waals surface area contributed by atoms with Gasteiger partial charge in [-0.1, -0.05) is 11.6 Å². The molecule has 0 aromatic carbocycles. The Balaban J connectivity index is 2.93. The van der Waals surface area contributed by atoms with Crippen molar-refractivity contribution in [1.29, 1.82) is 0 Å². The van der Waals surface area contributed by atoms with Crippen LogP contribution in [0.3, 0.4) is 0 Å². The van der Waals surface area contributed by atoms with Crippen molar-refractivity contribution in [2.75, 3.05) is 5.75 Å². The first-order chi connectivity index (χ1) is 7.75. The molecule has 0 radical (unpaired) electrons. The maximum atomic E-state index is 11.7. The first-order valence-corrected chi connectivity index (χ1v) is 7.76. The van der Waals surface area contributed by atoms with Crippen molar-refractivity contribution in [1.82, 2.24) is 9.55 Å². The number of halogens is 2. The van der Waals surface area contributed by atoms with E-state index in [9.17, 15) is 13.2 Å². The smallest absolute Gasteiger partial charge is 0.269 e. The molecule has 0 spiro atoms. The molecular weight excluding hydrogens is 332 g/mol. The molecule has 0 amide bonds. The minimum absolute atomic E-state index is 0.0676. The van der Waals surface area contributed by atoms with Gasteiger partial charge in [-0.05, 0) is 29.8 Å². The van der Waals surface area contributed by atoms with Crippen LogP contribution in [0.4, 0.5) is 0 Å². The lowest BCUT2D eigenvalue weighted by Gasteiger charge is -2.09. The molecule has 1 aromatic rings. The van der Waals surface area contributed by atoms with Gasteiger partial charge in [0.05, 0.1) is 17.3 Å². The van der Waals surface area contributed by atoms with Crippen molar-refractivity contribution in [3.63, 3.8) is 0 Å². The van der Waals surface area contributed by atoms with Gasteiger partial charge in [0, 0.05) is 6.54 Å². The average Bonchev–Trinajstić information content (AvgIpc) is 2.25. The summed E-state index contributed by atoms with van der Waals surface area (Å²) >= 11 is 8.64. The predicted octanol–water partition coefficient (Wildman–Crippen LogP) is 1.48. The zero-order valence-corrected chi connectivity index (χ0v) is 12.5. The van der Waals surface area contributed by atoms with Crippen molar-refractivity contribution in [3.05, 3.63) is 26.3 Å². The second-order valence-corrected chi connectivity index (χ2v) is 7.59. The molecule has 0 saturated carbocycles. The third kappa shape index (κ3) is 3.53. The van der Waals surface area contributed by atoms with Gasteiger partial charge < -0.3 is 0 Å². The second-order valence-electron chi connectivity index (χ2n) is 3.76. The van der Waals surface area contributed by atoms with E-state index in [-0.39, 0.29) is 27.5 Å². The summed E-state index contributed by atoms with van der Waals surface area (Å²) in [5, 5.41) is -0.389. The van der Waals surface area contributed by atoms with E-state index in [4.69, 9.17) is 11.6 Å². The second kappa shape index (κ2) is 5.49. The summed E-state index contributed by atoms with van der Waals surface area (Å²) in [6, 6.07) is 0. The topological polar surface area (TPSA) is 69.0 Å². The molecule has 1 rings (SSSR count). The van der Waals surface area contributed by atoms with E-state index in [1.54, 1.807) is 13.8 Å². The van der Waals surface area contributed by atoms with Crippen molar-refractivity contribution in [2.24, 2.45) is 0 Å². The van der Waals surface area contributed by atoms with Crippen LogP contribution in [0, 0.1) is 0 Å². The zero-order chi connectivity index (χ0) is 13.2. The molecule has 96 valence electrons. The minimum Gasteiger partial charge on any atom is -0.297 e. The Labute approximate surface area is 113 Å². The van der Waals surface area contributed by atoms with Crippen LogP contribution < -0.4 is 5.56 Å². The van der Waals surface area contributed by atoms with Crippen LogP contribution in [0.2, 0.25) is 5.15 Å². The Hall–Kier alpha value is -0.400. The van der Waals surface area contributed by atoms with Gasteiger partial charge in [-0.25, -0.2) is 13.4 Å². The number of hydrogen-bond donors (Lipinski definition) is 0. The highest BCUT2D eigenvalue weighted by Gasteiger charge is 2.16. The molecule has 1 heterocycles. The molecule has 0 saturated heterocycles. The van der Waals surface area contributed by atoms with Crippen LogP contribution in [0.5, 0.6) is 0 Å². The van der Waals surface area contributed by atoms with E-state index in [1.165, 1.54) is 10.9 Å². The summed E-state index contributed by atoms with van der Waals surface area (Å²) in [5.74, 6) is -0.0969. The minimum atomic E-state index is -3.17. The molecule has 0 N–H and O–H groups in total. The molecule has 0 fully saturated rings. The van der Waals surface area contributed by atoms with Gasteiger partial charge in [0.2, 0.25) is 0 Å². The third-order valence-corrected chi connectivity index (χ3v) is 5.69. The number of aryl methyl sites for hydroxylation is 1. The quantitative estimate of drug-likeness (QED) is 0.777. The first kappa shape index (κ1) is 14.7. The van der Waals surface area contributed by atoms with Gasteiger partial charge in [-0.2, -0.15) is 0 Å². The molecule has 17 heavy (non-hydrogen) atoms. The summed E-state index contributed by atoms with van der Waals surface area (Å²) in [5.41, 5.74) is -0.385. The average molecular weight is 344 g/mol. The lowest BCUT2D eigenvalue weighted by atomic mass is 10.6. The Kier molecular flexibility index (Phi) is 4.74. The summed E-state index contributed by atoms with van der Waals surface area (Å²) in [7, 11) is -3.17. The normalized spacial score (nSPS) is 12.1. The van der Waals surface area contributed by atoms with E-state index in [0.717, 1.165) is 0 Å². The van der Waals surface area contributed by atoms with E-state index in [0.29, 0.717) is 0 Å². The Morgan fingerprint density at radius 2 is 2.12 bits per heavy atom. The molecule has 1 aromatic heterocycles. The fourth-order valence-corrected chi connectivity index (χ4v) is 2.44. The summed E-state index contributed by atoms with van der Waals surface area (Å²) < 4.78 is 24.5. The maximum Gasteiger partial charge on any atom is 0.269 e. The molecule has 0 atom stereocenters. The van der Waals surface area contributed by atoms with E-state index < -0.39 is 15.1 Å². The van der Waals surface area contributed by atoms with Gasteiger partial charge in [-0.3, -0.25) is 9.36 Å². The molecule has 5 nitrogen and oxygen atoms in total. The number of nitrogens with zero attached hydrogens (tertiary/aromatic N) is 2. The first-order valence-electron chi connectivity index (χ1n) is 4.87. The van der Waals surface area contributed by atoms with Crippen molar-refractivity contribution < 1.29 is 8.42 Å². The summed E-state index contributed by atoms with van der Waals surface area (Å²) in [4.78, 5) is 15.4. The Morgan fingerprint density at radius 3 is 2.65 bits per heavy atom. The highest BCUT2D eigenvalue weighted by molar-refractivity contribution is 9.10. The van der Waals surface area contributed by atoms with Gasteiger partial charge in [0.1, 0.15) is 4.47 Å². The standard InChI is InChI=1S/C9H12BrClN2O3S/c1-6(2)17(15,16)4-3-13-5-12-8(11)7(10)9(13)14/h5-6H,3-4H2,1-2H3. The molecule has 0 bridgehead atoms. The SMILES string of the molecule is CC(C)S(=O)(=O)CCn1cnc(Cl)c(Br)c1=O. The van der Waals surface area contributed by atoms with E-state index in [1.807, 2.05) is 0 Å². The van der Waals surface area contributed by atoms with Crippen LogP contribution in [0.15, 0.2) is 15.6 Å². The van der Waals surface area contributed by atoms with Crippen molar-refractivity contribution >= 4 is 37.4 Å². The van der Waals surface area contributed by atoms with Crippen LogP contribution in [0.25, 0.3) is 0 Å². The molecule has 0 aliphatic rings. The number of hydrogen-bond acceptors (Lipinski definition) is 4. The monoisotopic (exact) mass is 342 g/mol. The molecule has 8 heteroatoms. The fraction of sp³-hybridized carbons (Fsp3) is 0.556. The lowest BCUT2D eigenvalue weighted by molar-refractivity contribution is 0.577. The van der Waals surface area contributed by atoms with Gasteiger partial charge in [0.25, 0.3) is 5.56 Å². The third-order valence-electron chi connectivity index (χ3n) is 2.28. The molecule has 0 aliphatic heterocycles. The van der Waals surface area contributed by atoms with Crippen LogP contribution in [0.1, 0.15) is 13.8 Å². The Bertz CT molecular complexity index is 568. The lowest BCUT2D eigenvalue weighted by Crippen LogP contribution is -2.27. The molecule has 0 unspecified atom stereocenters. The van der Waals surface area contributed by atoms with Crippen LogP contribution >= 0.6 is 27.5 Å². The summed E-state index contributed by atoms with van der Waals surface area (Å²) in [6.07, 6.45) is 1.24. The predicted molar refractivity (Wildman–Crippen MR) is 70.1 cm³/mol. The maximum absolute atomic E-state index is 11.7. The highest BCUT2D eigenvalue weighted by atomic mass is 79.9. The highest BCUT2D eigenvalue weighted by Crippen LogP contribution is 2.13. The molecular formula is C9H12BrClN2O3S. The van der Waals surface area contributed by atoms with E-state index >= 15 is 0 Å². The summed E-state index contributed by atoms with van der Waals surface area (Å²) in [6.45, 7) is 3.28. The van der Waals surface area contributed by atoms with E-state index in [2.05, 4.69) is 20.9 Å². The molecule has 0 aliphatic carbocycles. The zero-order valence-electron chi connectivity index (χ0n) is 9.35. The largest absolute Gasteiger partial charge is 0.297 e. The van der Waals surface area contributed by atoms with Gasteiger partial charge >= 0.3 is 0 Å². The van der Waals surface area contributed by atoms with Gasteiger partial charge in [-0.15, -0.1) is 0 Å². The van der Waals surface area contributed by atoms with Crippen molar-refractivity contribution in [2.45, 2.75) is 25.6 Å². The number of rotatable bonds is 4.